The molecule has 0 aromatic carbocycles. The highest BCUT2D eigenvalue weighted by Gasteiger charge is 2.15. The number of anilines is 2. The van der Waals surface area contributed by atoms with Gasteiger partial charge in [-0.15, -0.1) is 11.3 Å². The molecule has 0 aliphatic rings. The molecule has 0 saturated heterocycles. The number of aromatic nitrogens is 2. The van der Waals surface area contributed by atoms with E-state index in [0.29, 0.717) is 5.95 Å². The van der Waals surface area contributed by atoms with E-state index >= 15 is 0 Å². The Bertz CT molecular complexity index is 777. The summed E-state index contributed by atoms with van der Waals surface area (Å²) >= 11 is 1.67. The van der Waals surface area contributed by atoms with Crippen LogP contribution in [0.25, 0.3) is 10.2 Å². The Morgan fingerprint density at radius 1 is 1.24 bits per heavy atom. The highest BCUT2D eigenvalue weighted by molar-refractivity contribution is 7.18. The molecule has 2 N–H and O–H groups in total. The summed E-state index contributed by atoms with van der Waals surface area (Å²) in [5.41, 5.74) is 0. The summed E-state index contributed by atoms with van der Waals surface area (Å²) in [6, 6.07) is 6.11. The number of hydrogen-bond donors (Lipinski definition) is 2. The Balaban J connectivity index is 1.98. The number of hydrogen-bond acceptors (Lipinski definition) is 6. The lowest BCUT2D eigenvalue weighted by atomic mass is 10.2. The predicted octanol–water partition coefficient (Wildman–Crippen LogP) is 4.12. The van der Waals surface area contributed by atoms with Gasteiger partial charge in [0.1, 0.15) is 22.2 Å². The van der Waals surface area contributed by atoms with E-state index in [4.69, 9.17) is 4.42 Å². The number of nitrogens with one attached hydrogen (secondary N) is 2. The largest absolute Gasteiger partial charge is 0.464 e. The normalized spacial score (nSPS) is 12.6. The Morgan fingerprint density at radius 2 is 2.05 bits per heavy atom. The first-order valence-corrected chi connectivity index (χ1v) is 7.67. The van der Waals surface area contributed by atoms with E-state index in [2.05, 4.69) is 40.5 Å². The molecule has 1 unspecified atom stereocenters. The minimum absolute atomic E-state index is 0.0433. The second-order valence-electron chi connectivity index (χ2n) is 5.04. The van der Waals surface area contributed by atoms with Gasteiger partial charge in [0, 0.05) is 11.9 Å². The molecule has 0 bridgehead atoms. The molecule has 6 heteroatoms. The van der Waals surface area contributed by atoms with Gasteiger partial charge in [-0.1, -0.05) is 0 Å². The van der Waals surface area contributed by atoms with Gasteiger partial charge in [0.25, 0.3) is 0 Å². The van der Waals surface area contributed by atoms with E-state index in [-0.39, 0.29) is 6.04 Å². The van der Waals surface area contributed by atoms with Crippen LogP contribution in [0.1, 0.15) is 29.4 Å². The second-order valence-corrected chi connectivity index (χ2v) is 6.27. The van der Waals surface area contributed by atoms with Gasteiger partial charge in [-0.2, -0.15) is 4.98 Å². The molecule has 3 aromatic heterocycles. The Hall–Kier alpha value is -2.08. The molecule has 3 aromatic rings. The lowest BCUT2D eigenvalue weighted by Gasteiger charge is -2.13. The summed E-state index contributed by atoms with van der Waals surface area (Å²) in [4.78, 5) is 11.2. The summed E-state index contributed by atoms with van der Waals surface area (Å²) in [6.07, 6.45) is 0. The van der Waals surface area contributed by atoms with Crippen LogP contribution in [0.5, 0.6) is 0 Å². The molecular weight excluding hydrogens is 284 g/mol. The minimum atomic E-state index is 0.0433. The van der Waals surface area contributed by atoms with Crippen LogP contribution in [0.2, 0.25) is 0 Å². The van der Waals surface area contributed by atoms with Crippen molar-refractivity contribution in [2.75, 3.05) is 17.7 Å². The molecule has 0 aliphatic carbocycles. The van der Waals surface area contributed by atoms with Crippen LogP contribution in [-0.2, 0) is 0 Å². The Labute approximate surface area is 127 Å². The van der Waals surface area contributed by atoms with Crippen molar-refractivity contribution in [1.82, 2.24) is 9.97 Å². The van der Waals surface area contributed by atoms with E-state index < -0.39 is 0 Å². The zero-order valence-electron chi connectivity index (χ0n) is 12.5. The fraction of sp³-hybridized carbons (Fsp3) is 0.333. The van der Waals surface area contributed by atoms with Crippen LogP contribution in [0.15, 0.2) is 22.6 Å². The van der Waals surface area contributed by atoms with Crippen molar-refractivity contribution in [1.29, 1.82) is 0 Å². The van der Waals surface area contributed by atoms with E-state index in [1.54, 1.807) is 11.3 Å². The average Bonchev–Trinajstić information content (AvgIpc) is 3.03. The molecule has 1 atom stereocenters. The topological polar surface area (TPSA) is 63.0 Å². The molecule has 3 heterocycles. The van der Waals surface area contributed by atoms with Crippen molar-refractivity contribution >= 4 is 33.3 Å². The van der Waals surface area contributed by atoms with Crippen molar-refractivity contribution in [2.24, 2.45) is 0 Å². The summed E-state index contributed by atoms with van der Waals surface area (Å²) in [7, 11) is 1.82. The average molecular weight is 302 g/mol. The third-order valence-corrected chi connectivity index (χ3v) is 4.23. The number of furan rings is 1. The maximum atomic E-state index is 5.67. The van der Waals surface area contributed by atoms with Gasteiger partial charge in [-0.3, -0.25) is 0 Å². The number of aryl methyl sites for hydroxylation is 2. The van der Waals surface area contributed by atoms with E-state index in [0.717, 1.165) is 27.6 Å². The van der Waals surface area contributed by atoms with Crippen LogP contribution in [-0.4, -0.2) is 17.0 Å². The summed E-state index contributed by atoms with van der Waals surface area (Å²) in [5, 5.41) is 7.48. The van der Waals surface area contributed by atoms with E-state index in [1.165, 1.54) is 4.88 Å². The summed E-state index contributed by atoms with van der Waals surface area (Å²) < 4.78 is 5.67. The SMILES string of the molecule is CNc1nc(NC(C)c2ccc(C)o2)c2cc(C)sc2n1. The van der Waals surface area contributed by atoms with Crippen molar-refractivity contribution in [2.45, 2.75) is 26.8 Å². The lowest BCUT2D eigenvalue weighted by molar-refractivity contribution is 0.466. The highest BCUT2D eigenvalue weighted by atomic mass is 32.1. The van der Waals surface area contributed by atoms with Crippen molar-refractivity contribution < 1.29 is 4.42 Å². The first-order chi connectivity index (χ1) is 10.1. The lowest BCUT2D eigenvalue weighted by Crippen LogP contribution is -2.09. The van der Waals surface area contributed by atoms with Gasteiger partial charge in [0.05, 0.1) is 11.4 Å². The van der Waals surface area contributed by atoms with Gasteiger partial charge in [-0.05, 0) is 39.0 Å². The molecule has 5 nitrogen and oxygen atoms in total. The number of thiophene rings is 1. The van der Waals surface area contributed by atoms with Gasteiger partial charge in [0.2, 0.25) is 5.95 Å². The predicted molar refractivity (Wildman–Crippen MR) is 87.2 cm³/mol. The summed E-state index contributed by atoms with van der Waals surface area (Å²) in [5.74, 6) is 3.26. The van der Waals surface area contributed by atoms with E-state index in [1.807, 2.05) is 26.1 Å². The third-order valence-electron chi connectivity index (χ3n) is 3.28. The first kappa shape index (κ1) is 13.9. The molecular formula is C15H18N4OS. The second kappa shape index (κ2) is 5.37. The van der Waals surface area contributed by atoms with Crippen LogP contribution in [0, 0.1) is 13.8 Å². The summed E-state index contributed by atoms with van der Waals surface area (Å²) in [6.45, 7) is 6.08. The Morgan fingerprint density at radius 3 is 2.71 bits per heavy atom. The molecule has 110 valence electrons. The number of nitrogens with zero attached hydrogens (tertiary/aromatic N) is 2. The fourth-order valence-corrected chi connectivity index (χ4v) is 3.11. The van der Waals surface area contributed by atoms with Crippen LogP contribution in [0.4, 0.5) is 11.8 Å². The molecule has 0 saturated carbocycles. The molecule has 0 spiro atoms. The quantitative estimate of drug-likeness (QED) is 0.759. The molecule has 0 aliphatic heterocycles. The number of fused-ring (bicyclic) bond motifs is 1. The van der Waals surface area contributed by atoms with Gasteiger partial charge >= 0.3 is 0 Å². The molecule has 0 amide bonds. The monoisotopic (exact) mass is 302 g/mol. The highest BCUT2D eigenvalue weighted by Crippen LogP contribution is 2.31. The Kier molecular flexibility index (Phi) is 3.55. The smallest absolute Gasteiger partial charge is 0.225 e. The number of rotatable bonds is 4. The first-order valence-electron chi connectivity index (χ1n) is 6.85. The van der Waals surface area contributed by atoms with Gasteiger partial charge in [-0.25, -0.2) is 4.98 Å². The molecule has 21 heavy (non-hydrogen) atoms. The zero-order chi connectivity index (χ0) is 15.0. The molecule has 0 fully saturated rings. The minimum Gasteiger partial charge on any atom is -0.464 e. The van der Waals surface area contributed by atoms with Gasteiger partial charge in [0.15, 0.2) is 0 Å². The van der Waals surface area contributed by atoms with E-state index in [9.17, 15) is 0 Å². The van der Waals surface area contributed by atoms with Crippen molar-refractivity contribution in [3.63, 3.8) is 0 Å². The third kappa shape index (κ3) is 2.71. The molecule has 3 rings (SSSR count). The zero-order valence-corrected chi connectivity index (χ0v) is 13.3. The van der Waals surface area contributed by atoms with Crippen molar-refractivity contribution in [3.05, 3.63) is 34.6 Å². The maximum Gasteiger partial charge on any atom is 0.225 e. The van der Waals surface area contributed by atoms with Crippen LogP contribution in [0.3, 0.4) is 0 Å². The standard InChI is InChI=1S/C15H18N4OS/c1-8-5-6-12(20-8)10(3)17-13-11-7-9(2)21-14(11)19-15(16-4)18-13/h5-7,10H,1-4H3,(H2,16,17,18,19). The van der Waals surface area contributed by atoms with Gasteiger partial charge < -0.3 is 15.1 Å². The van der Waals surface area contributed by atoms with Crippen LogP contribution < -0.4 is 10.6 Å². The van der Waals surface area contributed by atoms with Crippen molar-refractivity contribution in [3.8, 4) is 0 Å². The fourth-order valence-electron chi connectivity index (χ4n) is 2.23. The molecule has 0 radical (unpaired) electrons. The maximum absolute atomic E-state index is 5.67. The van der Waals surface area contributed by atoms with Crippen LogP contribution >= 0.6 is 11.3 Å².